The molecule has 0 saturated carbocycles. The van der Waals surface area contributed by atoms with Gasteiger partial charge in [-0.2, -0.15) is 0 Å². The Hall–Kier alpha value is -1.96. The number of hydrogen-bond acceptors (Lipinski definition) is 4. The van der Waals surface area contributed by atoms with E-state index in [1.807, 2.05) is 0 Å². The molecular formula is C14H17FN2O4S. The van der Waals surface area contributed by atoms with Crippen LogP contribution in [0.2, 0.25) is 0 Å². The Balaban J connectivity index is 2.00. The predicted molar refractivity (Wildman–Crippen MR) is 77.0 cm³/mol. The van der Waals surface area contributed by atoms with Gasteiger partial charge in [-0.1, -0.05) is 0 Å². The highest BCUT2D eigenvalue weighted by molar-refractivity contribution is 7.92. The van der Waals surface area contributed by atoms with Crippen molar-refractivity contribution in [2.24, 2.45) is 11.7 Å². The molecule has 22 heavy (non-hydrogen) atoms. The number of likely N-dealkylation sites (tertiary alicyclic amines) is 1. The van der Waals surface area contributed by atoms with Crippen LogP contribution in [0.15, 0.2) is 29.2 Å². The van der Waals surface area contributed by atoms with E-state index in [2.05, 4.69) is 0 Å². The summed E-state index contributed by atoms with van der Waals surface area (Å²) in [6.07, 6.45) is 0.884. The Morgan fingerprint density at radius 2 is 1.73 bits per heavy atom. The van der Waals surface area contributed by atoms with Crippen LogP contribution in [0.25, 0.3) is 0 Å². The van der Waals surface area contributed by atoms with Gasteiger partial charge < -0.3 is 10.6 Å². The highest BCUT2D eigenvalue weighted by Gasteiger charge is 2.28. The number of carbonyl (C=O) groups excluding carboxylic acids is 2. The van der Waals surface area contributed by atoms with Crippen LogP contribution in [-0.4, -0.2) is 44.0 Å². The fourth-order valence-corrected chi connectivity index (χ4v) is 3.62. The van der Waals surface area contributed by atoms with Crippen molar-refractivity contribution in [3.05, 3.63) is 30.1 Å². The maximum absolute atomic E-state index is 12.8. The summed E-state index contributed by atoms with van der Waals surface area (Å²) < 4.78 is 37.1. The summed E-state index contributed by atoms with van der Waals surface area (Å²) in [4.78, 5) is 24.5. The number of halogens is 1. The minimum Gasteiger partial charge on any atom is -0.369 e. The molecule has 0 spiro atoms. The van der Waals surface area contributed by atoms with Crippen LogP contribution in [0.3, 0.4) is 0 Å². The molecule has 1 aromatic carbocycles. The summed E-state index contributed by atoms with van der Waals surface area (Å²) >= 11 is 0. The van der Waals surface area contributed by atoms with Crippen LogP contribution >= 0.6 is 0 Å². The molecule has 1 fully saturated rings. The molecule has 0 unspecified atom stereocenters. The minimum absolute atomic E-state index is 0.0886. The smallest absolute Gasteiger partial charge is 0.238 e. The first-order valence-corrected chi connectivity index (χ1v) is 8.50. The van der Waals surface area contributed by atoms with E-state index < -0.39 is 33.2 Å². The first kappa shape index (κ1) is 16.4. The molecule has 0 bridgehead atoms. The average Bonchev–Trinajstić information content (AvgIpc) is 2.47. The van der Waals surface area contributed by atoms with Gasteiger partial charge in [0.25, 0.3) is 0 Å². The zero-order valence-corrected chi connectivity index (χ0v) is 12.7. The maximum atomic E-state index is 12.8. The van der Waals surface area contributed by atoms with Crippen molar-refractivity contribution in [2.75, 3.05) is 18.8 Å². The largest absolute Gasteiger partial charge is 0.369 e. The van der Waals surface area contributed by atoms with Crippen LogP contribution in [0.4, 0.5) is 4.39 Å². The lowest BCUT2D eigenvalue weighted by Crippen LogP contribution is -2.43. The van der Waals surface area contributed by atoms with Crippen LogP contribution in [0, 0.1) is 11.7 Å². The van der Waals surface area contributed by atoms with E-state index in [1.165, 1.54) is 4.90 Å². The van der Waals surface area contributed by atoms with E-state index in [0.29, 0.717) is 25.9 Å². The van der Waals surface area contributed by atoms with E-state index >= 15 is 0 Å². The number of nitrogens with zero attached hydrogens (tertiary/aromatic N) is 1. The second kappa shape index (κ2) is 6.43. The topological polar surface area (TPSA) is 97.5 Å². The summed E-state index contributed by atoms with van der Waals surface area (Å²) in [6, 6.07) is 4.35. The van der Waals surface area contributed by atoms with Crippen molar-refractivity contribution in [3.8, 4) is 0 Å². The van der Waals surface area contributed by atoms with Gasteiger partial charge in [0.05, 0.1) is 4.90 Å². The SMILES string of the molecule is NC(=O)C1CCN(C(=O)CS(=O)(=O)c2ccc(F)cc2)CC1. The van der Waals surface area contributed by atoms with Gasteiger partial charge >= 0.3 is 0 Å². The molecule has 6 nitrogen and oxygen atoms in total. The minimum atomic E-state index is -3.80. The molecule has 0 aliphatic carbocycles. The van der Waals surface area contributed by atoms with Gasteiger partial charge in [-0.15, -0.1) is 0 Å². The Morgan fingerprint density at radius 3 is 2.23 bits per heavy atom. The number of rotatable bonds is 4. The summed E-state index contributed by atoms with van der Waals surface area (Å²) in [5.74, 6) is -2.39. The lowest BCUT2D eigenvalue weighted by atomic mass is 9.96. The maximum Gasteiger partial charge on any atom is 0.238 e. The molecule has 1 saturated heterocycles. The van der Waals surface area contributed by atoms with Crippen molar-refractivity contribution in [3.63, 3.8) is 0 Å². The molecule has 2 amide bonds. The van der Waals surface area contributed by atoms with Crippen molar-refractivity contribution >= 4 is 21.7 Å². The van der Waals surface area contributed by atoms with Crippen molar-refractivity contribution in [1.29, 1.82) is 0 Å². The molecule has 0 aromatic heterocycles. The number of carbonyl (C=O) groups is 2. The Labute approximate surface area is 128 Å². The second-order valence-electron chi connectivity index (χ2n) is 5.27. The molecule has 0 atom stereocenters. The van der Waals surface area contributed by atoms with Crippen molar-refractivity contribution in [2.45, 2.75) is 17.7 Å². The molecule has 1 aromatic rings. The van der Waals surface area contributed by atoms with Gasteiger partial charge in [-0.3, -0.25) is 9.59 Å². The van der Waals surface area contributed by atoms with E-state index in [9.17, 15) is 22.4 Å². The third kappa shape index (κ3) is 3.82. The van der Waals surface area contributed by atoms with Crippen LogP contribution < -0.4 is 5.73 Å². The van der Waals surface area contributed by atoms with E-state index in [1.54, 1.807) is 0 Å². The summed E-state index contributed by atoms with van der Waals surface area (Å²) in [5, 5.41) is 0. The monoisotopic (exact) mass is 328 g/mol. The first-order valence-electron chi connectivity index (χ1n) is 6.85. The molecule has 1 heterocycles. The van der Waals surface area contributed by atoms with Gasteiger partial charge in [0.2, 0.25) is 11.8 Å². The molecule has 1 aliphatic heterocycles. The lowest BCUT2D eigenvalue weighted by molar-refractivity contribution is -0.132. The zero-order chi connectivity index (χ0) is 16.3. The van der Waals surface area contributed by atoms with E-state index in [0.717, 1.165) is 24.3 Å². The molecule has 0 radical (unpaired) electrons. The normalized spacial score (nSPS) is 16.5. The number of amides is 2. The van der Waals surface area contributed by atoms with Gasteiger partial charge in [-0.05, 0) is 37.1 Å². The third-order valence-corrected chi connectivity index (χ3v) is 5.35. The van der Waals surface area contributed by atoms with Gasteiger partial charge in [0, 0.05) is 19.0 Å². The second-order valence-corrected chi connectivity index (χ2v) is 7.26. The Bertz CT molecular complexity index is 665. The number of sulfone groups is 1. The fraction of sp³-hybridized carbons (Fsp3) is 0.429. The highest BCUT2D eigenvalue weighted by atomic mass is 32.2. The number of primary amides is 1. The molecule has 2 N–H and O–H groups in total. The molecule has 2 rings (SSSR count). The van der Waals surface area contributed by atoms with Crippen molar-refractivity contribution in [1.82, 2.24) is 4.90 Å². The van der Waals surface area contributed by atoms with Gasteiger partial charge in [0.1, 0.15) is 11.6 Å². The number of hydrogen-bond donors (Lipinski definition) is 1. The molecule has 1 aliphatic rings. The summed E-state index contributed by atoms with van der Waals surface area (Å²) in [5.41, 5.74) is 5.21. The average molecular weight is 328 g/mol. The summed E-state index contributed by atoms with van der Waals surface area (Å²) in [7, 11) is -3.80. The molecule has 8 heteroatoms. The van der Waals surface area contributed by atoms with Crippen LogP contribution in [0.1, 0.15) is 12.8 Å². The van der Waals surface area contributed by atoms with Gasteiger partial charge in [-0.25, -0.2) is 12.8 Å². The lowest BCUT2D eigenvalue weighted by Gasteiger charge is -2.30. The molecular weight excluding hydrogens is 311 g/mol. The molecule has 120 valence electrons. The Morgan fingerprint density at radius 1 is 1.18 bits per heavy atom. The number of nitrogens with two attached hydrogens (primary N) is 1. The van der Waals surface area contributed by atoms with Crippen molar-refractivity contribution < 1.29 is 22.4 Å². The standard InChI is InChI=1S/C14H17FN2O4S/c15-11-1-3-12(4-2-11)22(20,21)9-13(18)17-7-5-10(6-8-17)14(16)19/h1-4,10H,5-9H2,(H2,16,19). The quantitative estimate of drug-likeness (QED) is 0.805. The van der Waals surface area contributed by atoms with E-state index in [-0.39, 0.29) is 10.8 Å². The van der Waals surface area contributed by atoms with Crippen LogP contribution in [0.5, 0.6) is 0 Å². The van der Waals surface area contributed by atoms with Crippen LogP contribution in [-0.2, 0) is 19.4 Å². The fourth-order valence-electron chi connectivity index (χ4n) is 2.39. The Kier molecular flexibility index (Phi) is 4.80. The highest BCUT2D eigenvalue weighted by Crippen LogP contribution is 2.18. The number of benzene rings is 1. The van der Waals surface area contributed by atoms with Gasteiger partial charge in [0.15, 0.2) is 9.84 Å². The third-order valence-electron chi connectivity index (χ3n) is 3.74. The predicted octanol–water partition coefficient (Wildman–Crippen LogP) is 0.323. The zero-order valence-electron chi connectivity index (χ0n) is 11.9. The summed E-state index contributed by atoms with van der Waals surface area (Å²) in [6.45, 7) is 0.622. The number of piperidine rings is 1. The van der Waals surface area contributed by atoms with E-state index in [4.69, 9.17) is 5.73 Å². The first-order chi connectivity index (χ1) is 10.3.